The summed E-state index contributed by atoms with van der Waals surface area (Å²) in [5.74, 6) is 0.231. The molecule has 0 bridgehead atoms. The van der Waals surface area contributed by atoms with Gasteiger partial charge < -0.3 is 5.48 Å². The lowest BCUT2D eigenvalue weighted by molar-refractivity contribution is 0.0972. The van der Waals surface area contributed by atoms with Crippen LogP contribution in [0.25, 0.3) is 0 Å². The maximum atomic E-state index is 11.1. The zero-order valence-corrected chi connectivity index (χ0v) is 6.05. The molecule has 0 unspecified atom stereocenters. The lowest BCUT2D eigenvalue weighted by Crippen LogP contribution is -2.08. The smallest absolute Gasteiger partial charge is 0.166 e. The number of carbonyl (C=O) groups excluding carboxylic acids is 1. The molecule has 4 nitrogen and oxygen atoms in total. The van der Waals surface area contributed by atoms with Crippen molar-refractivity contribution in [1.82, 2.24) is 10.2 Å². The second kappa shape index (κ2) is 2.84. The zero-order chi connectivity index (χ0) is 6.97. The molecule has 0 fully saturated rings. The Balaban J connectivity index is 0.000000605. The predicted molar refractivity (Wildman–Crippen MR) is 39.5 cm³/mol. The van der Waals surface area contributed by atoms with Crippen LogP contribution in [-0.2, 0) is 6.42 Å². The summed E-state index contributed by atoms with van der Waals surface area (Å²) >= 11 is 0. The molecule has 0 aromatic carbocycles. The van der Waals surface area contributed by atoms with E-state index in [1.165, 1.54) is 0 Å². The van der Waals surface area contributed by atoms with E-state index in [9.17, 15) is 4.79 Å². The van der Waals surface area contributed by atoms with Gasteiger partial charge >= 0.3 is 0 Å². The van der Waals surface area contributed by atoms with Crippen molar-refractivity contribution in [2.24, 2.45) is 0 Å². The van der Waals surface area contributed by atoms with Crippen molar-refractivity contribution in [3.8, 4) is 0 Å². The van der Waals surface area contributed by atoms with E-state index in [2.05, 4.69) is 10.2 Å². The Morgan fingerprint density at radius 3 is 3.00 bits per heavy atom. The lowest BCUT2D eigenvalue weighted by Gasteiger charge is -2.06. The van der Waals surface area contributed by atoms with Gasteiger partial charge in [0.05, 0.1) is 11.8 Å². The van der Waals surface area contributed by atoms with Crippen molar-refractivity contribution in [3.05, 3.63) is 17.5 Å². The number of Topliss-reactive ketones (excluding diaryl/α,β-unsaturated/α-hetero) is 1. The molecule has 0 saturated carbocycles. The normalized spacial score (nSPS) is 15.5. The highest BCUT2D eigenvalue weighted by molar-refractivity contribution is 5.97. The number of ketones is 1. The van der Waals surface area contributed by atoms with Gasteiger partial charge in [0.2, 0.25) is 0 Å². The molecule has 3 N–H and O–H groups in total. The minimum atomic E-state index is 0. The van der Waals surface area contributed by atoms with Crippen LogP contribution in [0.5, 0.6) is 0 Å². The third kappa shape index (κ3) is 1.17. The first-order chi connectivity index (χ1) is 4.88. The van der Waals surface area contributed by atoms with Gasteiger partial charge in [-0.1, -0.05) is 0 Å². The fourth-order valence-electron chi connectivity index (χ4n) is 1.30. The van der Waals surface area contributed by atoms with Gasteiger partial charge in [0, 0.05) is 12.1 Å². The Bertz CT molecular complexity index is 267. The number of aromatic nitrogens is 2. The summed E-state index contributed by atoms with van der Waals surface area (Å²) in [5, 5.41) is 6.63. The molecule has 60 valence electrons. The highest BCUT2D eigenvalue weighted by Crippen LogP contribution is 2.17. The van der Waals surface area contributed by atoms with Crippen LogP contribution in [-0.4, -0.2) is 21.5 Å². The number of H-pyrrole nitrogens is 1. The molecular weight excluding hydrogens is 144 g/mol. The van der Waals surface area contributed by atoms with Gasteiger partial charge in [-0.25, -0.2) is 0 Å². The van der Waals surface area contributed by atoms with Gasteiger partial charge in [0.25, 0.3) is 0 Å². The van der Waals surface area contributed by atoms with E-state index in [0.717, 1.165) is 24.1 Å². The van der Waals surface area contributed by atoms with Crippen molar-refractivity contribution in [3.63, 3.8) is 0 Å². The Labute approximate surface area is 63.9 Å². The highest BCUT2D eigenvalue weighted by Gasteiger charge is 2.17. The first-order valence-corrected chi connectivity index (χ1v) is 3.43. The van der Waals surface area contributed by atoms with E-state index in [1.54, 1.807) is 6.20 Å². The molecule has 0 spiro atoms. The molecule has 0 radical (unpaired) electrons. The van der Waals surface area contributed by atoms with E-state index in [0.29, 0.717) is 6.42 Å². The second-order valence-corrected chi connectivity index (χ2v) is 2.54. The van der Waals surface area contributed by atoms with E-state index in [-0.39, 0.29) is 11.3 Å². The molecule has 4 heteroatoms. The van der Waals surface area contributed by atoms with Crippen LogP contribution in [0, 0.1) is 0 Å². The third-order valence-corrected chi connectivity index (χ3v) is 1.85. The van der Waals surface area contributed by atoms with E-state index in [4.69, 9.17) is 0 Å². The van der Waals surface area contributed by atoms with Gasteiger partial charge in [-0.3, -0.25) is 9.89 Å². The molecule has 0 amide bonds. The van der Waals surface area contributed by atoms with Gasteiger partial charge in [0.15, 0.2) is 5.78 Å². The van der Waals surface area contributed by atoms with E-state index >= 15 is 0 Å². The first-order valence-electron chi connectivity index (χ1n) is 3.43. The summed E-state index contributed by atoms with van der Waals surface area (Å²) in [7, 11) is 0. The summed E-state index contributed by atoms with van der Waals surface area (Å²) in [6.45, 7) is 0. The monoisotopic (exact) mass is 154 g/mol. The quantitative estimate of drug-likeness (QED) is 0.575. The largest absolute Gasteiger partial charge is 0.412 e. The van der Waals surface area contributed by atoms with Gasteiger partial charge in [0.1, 0.15) is 0 Å². The summed E-state index contributed by atoms with van der Waals surface area (Å²) in [6.07, 6.45) is 4.25. The number of hydrogen-bond acceptors (Lipinski definition) is 2. The number of aryl methyl sites for hydroxylation is 1. The van der Waals surface area contributed by atoms with Crippen molar-refractivity contribution in [2.45, 2.75) is 19.3 Å². The Kier molecular flexibility index (Phi) is 2.05. The number of hydrogen-bond donors (Lipinski definition) is 1. The maximum Gasteiger partial charge on any atom is 0.166 e. The molecule has 2 rings (SSSR count). The van der Waals surface area contributed by atoms with Crippen LogP contribution >= 0.6 is 0 Å². The molecular formula is C7H10N2O2. The molecule has 11 heavy (non-hydrogen) atoms. The molecule has 0 saturated heterocycles. The van der Waals surface area contributed by atoms with Crippen molar-refractivity contribution >= 4 is 5.78 Å². The number of nitrogens with one attached hydrogen (secondary N) is 1. The summed E-state index contributed by atoms with van der Waals surface area (Å²) in [5.41, 5.74) is 1.81. The zero-order valence-electron chi connectivity index (χ0n) is 6.05. The number of fused-ring (bicyclic) bond motifs is 1. The van der Waals surface area contributed by atoms with E-state index < -0.39 is 0 Å². The minimum Gasteiger partial charge on any atom is -0.412 e. The van der Waals surface area contributed by atoms with Gasteiger partial charge in [-0.2, -0.15) is 5.10 Å². The maximum absolute atomic E-state index is 11.1. The van der Waals surface area contributed by atoms with Crippen molar-refractivity contribution < 1.29 is 10.3 Å². The third-order valence-electron chi connectivity index (χ3n) is 1.85. The molecule has 1 heterocycles. The Morgan fingerprint density at radius 1 is 1.45 bits per heavy atom. The molecule has 0 aliphatic heterocycles. The van der Waals surface area contributed by atoms with Crippen LogP contribution in [0.1, 0.15) is 28.9 Å². The molecule has 1 aromatic heterocycles. The predicted octanol–water partition coefficient (Wildman–Crippen LogP) is 0.104. The van der Waals surface area contributed by atoms with Crippen LogP contribution < -0.4 is 0 Å². The minimum absolute atomic E-state index is 0. The Morgan fingerprint density at radius 2 is 2.27 bits per heavy atom. The van der Waals surface area contributed by atoms with Crippen LogP contribution in [0.4, 0.5) is 0 Å². The number of carbonyl (C=O) groups is 1. The summed E-state index contributed by atoms with van der Waals surface area (Å²) in [4.78, 5) is 11.1. The summed E-state index contributed by atoms with van der Waals surface area (Å²) < 4.78 is 0. The van der Waals surface area contributed by atoms with Crippen molar-refractivity contribution in [1.29, 1.82) is 0 Å². The second-order valence-electron chi connectivity index (χ2n) is 2.54. The average Bonchev–Trinajstić information content (AvgIpc) is 2.36. The molecule has 0 atom stereocenters. The molecule has 1 aliphatic rings. The first kappa shape index (κ1) is 7.94. The number of aromatic amines is 1. The van der Waals surface area contributed by atoms with Crippen molar-refractivity contribution in [2.75, 3.05) is 0 Å². The molecule has 1 aliphatic carbocycles. The van der Waals surface area contributed by atoms with Crippen LogP contribution in [0.2, 0.25) is 0 Å². The van der Waals surface area contributed by atoms with Crippen LogP contribution in [0.15, 0.2) is 6.20 Å². The fourth-order valence-corrected chi connectivity index (χ4v) is 1.30. The highest BCUT2D eigenvalue weighted by atomic mass is 16.1. The van der Waals surface area contributed by atoms with Gasteiger partial charge in [-0.05, 0) is 12.8 Å². The SMILES string of the molecule is O.O=C1CCCc2[nH]ncc21. The average molecular weight is 154 g/mol. The standard InChI is InChI=1S/C7H8N2O.H2O/c10-7-3-1-2-6-5(7)4-8-9-6;/h4H,1-3H2,(H,8,9);1H2. The number of rotatable bonds is 0. The Hall–Kier alpha value is -1.16. The number of nitrogens with zero attached hydrogens (tertiary/aromatic N) is 1. The summed E-state index contributed by atoms with van der Waals surface area (Å²) in [6, 6.07) is 0. The van der Waals surface area contributed by atoms with E-state index in [1.807, 2.05) is 0 Å². The molecule has 1 aromatic rings. The van der Waals surface area contributed by atoms with Crippen LogP contribution in [0.3, 0.4) is 0 Å². The topological polar surface area (TPSA) is 77.2 Å². The lowest BCUT2D eigenvalue weighted by atomic mass is 9.97. The van der Waals surface area contributed by atoms with Gasteiger partial charge in [-0.15, -0.1) is 0 Å². The fraction of sp³-hybridized carbons (Fsp3) is 0.429.